The maximum Gasteiger partial charge on any atom is 0.407 e. The van der Waals surface area contributed by atoms with Crippen molar-refractivity contribution in [2.45, 2.75) is 44.8 Å². The van der Waals surface area contributed by atoms with Gasteiger partial charge in [-0.25, -0.2) is 4.79 Å². The molecule has 0 aliphatic carbocycles. The van der Waals surface area contributed by atoms with Gasteiger partial charge in [-0.2, -0.15) is 0 Å². The van der Waals surface area contributed by atoms with Crippen molar-refractivity contribution in [3.8, 4) is 0 Å². The lowest BCUT2D eigenvalue weighted by molar-refractivity contribution is -0.127. The van der Waals surface area contributed by atoms with Crippen LogP contribution in [0, 0.1) is 0 Å². The van der Waals surface area contributed by atoms with Crippen LogP contribution in [-0.2, 0) is 27.4 Å². The summed E-state index contributed by atoms with van der Waals surface area (Å²) in [4.78, 5) is 36.1. The van der Waals surface area contributed by atoms with Crippen molar-refractivity contribution in [2.24, 2.45) is 5.73 Å². The number of primary amides is 1. The molecule has 7 nitrogen and oxygen atoms in total. The number of fused-ring (bicyclic) bond motifs is 1. The predicted molar refractivity (Wildman–Crippen MR) is 132 cm³/mol. The van der Waals surface area contributed by atoms with E-state index < -0.39 is 18.0 Å². The molecular formula is C27H31N3O4. The monoisotopic (exact) mass is 461 g/mol. The Hall–Kier alpha value is -3.87. The van der Waals surface area contributed by atoms with Gasteiger partial charge in [0.1, 0.15) is 12.6 Å². The van der Waals surface area contributed by atoms with Crippen LogP contribution in [0.5, 0.6) is 0 Å². The normalized spacial score (nSPS) is 11.5. The average molecular weight is 462 g/mol. The van der Waals surface area contributed by atoms with Crippen molar-refractivity contribution >= 4 is 28.7 Å². The Balaban J connectivity index is 1.34. The summed E-state index contributed by atoms with van der Waals surface area (Å²) >= 11 is 0. The van der Waals surface area contributed by atoms with Gasteiger partial charge in [0.05, 0.1) is 0 Å². The summed E-state index contributed by atoms with van der Waals surface area (Å²) < 4.78 is 5.16. The van der Waals surface area contributed by atoms with Gasteiger partial charge in [0.2, 0.25) is 11.8 Å². The Bertz CT molecular complexity index is 1100. The van der Waals surface area contributed by atoms with Crippen molar-refractivity contribution in [1.29, 1.82) is 0 Å². The zero-order valence-corrected chi connectivity index (χ0v) is 19.2. The number of benzene rings is 3. The minimum atomic E-state index is -0.764. The van der Waals surface area contributed by atoms with E-state index in [1.54, 1.807) is 0 Å². The van der Waals surface area contributed by atoms with Crippen LogP contribution in [0.15, 0.2) is 72.8 Å². The maximum atomic E-state index is 12.4. The molecule has 0 saturated carbocycles. The third-order valence-corrected chi connectivity index (χ3v) is 5.55. The Kier molecular flexibility index (Phi) is 9.46. The van der Waals surface area contributed by atoms with Gasteiger partial charge >= 0.3 is 6.09 Å². The van der Waals surface area contributed by atoms with Gasteiger partial charge in [0, 0.05) is 19.4 Å². The zero-order chi connectivity index (χ0) is 24.2. The maximum absolute atomic E-state index is 12.4. The van der Waals surface area contributed by atoms with E-state index in [-0.39, 0.29) is 18.9 Å². The molecule has 7 heteroatoms. The Morgan fingerprint density at radius 1 is 0.853 bits per heavy atom. The summed E-state index contributed by atoms with van der Waals surface area (Å²) in [5.41, 5.74) is 7.45. The molecule has 178 valence electrons. The van der Waals surface area contributed by atoms with Gasteiger partial charge in [0.25, 0.3) is 0 Å². The fourth-order valence-electron chi connectivity index (χ4n) is 3.73. The zero-order valence-electron chi connectivity index (χ0n) is 19.2. The molecule has 1 atom stereocenters. The van der Waals surface area contributed by atoms with Crippen LogP contribution >= 0.6 is 0 Å². The van der Waals surface area contributed by atoms with E-state index in [1.165, 1.54) is 0 Å². The molecule has 0 unspecified atom stereocenters. The lowest BCUT2D eigenvalue weighted by Gasteiger charge is -2.17. The molecule has 3 rings (SSSR count). The number of nitrogens with two attached hydrogens (primary N) is 1. The van der Waals surface area contributed by atoms with E-state index in [2.05, 4.69) is 10.6 Å². The first-order chi connectivity index (χ1) is 16.5. The first-order valence-electron chi connectivity index (χ1n) is 11.5. The number of alkyl carbamates (subject to hydrolysis) is 1. The summed E-state index contributed by atoms with van der Waals surface area (Å²) in [5, 5.41) is 7.59. The highest BCUT2D eigenvalue weighted by Gasteiger charge is 2.19. The second-order valence-electron chi connectivity index (χ2n) is 8.16. The number of hydrogen-bond acceptors (Lipinski definition) is 4. The molecule has 4 N–H and O–H groups in total. The molecule has 0 fully saturated rings. The minimum absolute atomic E-state index is 0.209. The predicted octanol–water partition coefficient (Wildman–Crippen LogP) is 3.84. The third-order valence-electron chi connectivity index (χ3n) is 5.55. The minimum Gasteiger partial charge on any atom is -0.445 e. The number of unbranched alkanes of at least 4 members (excludes halogenated alkanes) is 2. The molecule has 0 spiro atoms. The Labute approximate surface area is 199 Å². The summed E-state index contributed by atoms with van der Waals surface area (Å²) in [6, 6.07) is 22.5. The summed E-state index contributed by atoms with van der Waals surface area (Å²) in [5.74, 6) is -0.765. The molecule has 34 heavy (non-hydrogen) atoms. The Morgan fingerprint density at radius 2 is 1.59 bits per heavy atom. The molecule has 0 aliphatic heterocycles. The molecule has 3 aromatic carbocycles. The SMILES string of the molecule is NC(=O)[C@H](Cc1cccc2ccccc12)NC(=O)CCCCCNC(=O)OCc1ccccc1. The van der Waals surface area contributed by atoms with E-state index in [1.807, 2.05) is 72.8 Å². The summed E-state index contributed by atoms with van der Waals surface area (Å²) in [7, 11) is 0. The highest BCUT2D eigenvalue weighted by Crippen LogP contribution is 2.20. The fourth-order valence-corrected chi connectivity index (χ4v) is 3.73. The van der Waals surface area contributed by atoms with Crippen LogP contribution in [0.3, 0.4) is 0 Å². The topological polar surface area (TPSA) is 111 Å². The van der Waals surface area contributed by atoms with Crippen LogP contribution in [0.25, 0.3) is 10.8 Å². The first kappa shape index (κ1) is 24.8. The third kappa shape index (κ3) is 7.92. The molecule has 0 aliphatic rings. The van der Waals surface area contributed by atoms with Crippen LogP contribution in [0.2, 0.25) is 0 Å². The van der Waals surface area contributed by atoms with Crippen LogP contribution < -0.4 is 16.4 Å². The number of amides is 3. The van der Waals surface area contributed by atoms with Crippen molar-refractivity contribution < 1.29 is 19.1 Å². The highest BCUT2D eigenvalue weighted by molar-refractivity contribution is 5.89. The molecule has 0 saturated heterocycles. The van der Waals surface area contributed by atoms with Crippen molar-refractivity contribution in [3.05, 3.63) is 83.9 Å². The van der Waals surface area contributed by atoms with E-state index in [4.69, 9.17) is 10.5 Å². The van der Waals surface area contributed by atoms with Crippen LogP contribution in [0.1, 0.15) is 36.8 Å². The highest BCUT2D eigenvalue weighted by atomic mass is 16.5. The van der Waals surface area contributed by atoms with Crippen molar-refractivity contribution in [2.75, 3.05) is 6.54 Å². The van der Waals surface area contributed by atoms with Crippen molar-refractivity contribution in [3.63, 3.8) is 0 Å². The van der Waals surface area contributed by atoms with Gasteiger partial charge < -0.3 is 21.1 Å². The van der Waals surface area contributed by atoms with E-state index in [0.717, 1.165) is 34.7 Å². The molecule has 3 aromatic rings. The largest absolute Gasteiger partial charge is 0.445 e. The Morgan fingerprint density at radius 3 is 2.38 bits per heavy atom. The van der Waals surface area contributed by atoms with Gasteiger partial charge in [-0.3, -0.25) is 9.59 Å². The fraction of sp³-hybridized carbons (Fsp3) is 0.296. The average Bonchev–Trinajstić information content (AvgIpc) is 2.85. The molecule has 0 radical (unpaired) electrons. The molecule has 0 aromatic heterocycles. The van der Waals surface area contributed by atoms with E-state index in [9.17, 15) is 14.4 Å². The second-order valence-corrected chi connectivity index (χ2v) is 8.16. The standard InChI is InChI=1S/C27H31N3O4/c28-26(32)24(18-22-14-9-13-21-12-6-7-15-23(21)22)30-25(31)16-5-2-8-17-29-27(33)34-19-20-10-3-1-4-11-20/h1,3-4,6-7,9-15,24H,2,5,8,16-19H2,(H2,28,32)(H,29,33)(H,30,31)/t24-/m0/s1. The number of hydrogen-bond donors (Lipinski definition) is 3. The molecule has 0 heterocycles. The lowest BCUT2D eigenvalue weighted by Crippen LogP contribution is -2.45. The van der Waals surface area contributed by atoms with Crippen LogP contribution in [0.4, 0.5) is 4.79 Å². The molecule has 3 amide bonds. The van der Waals surface area contributed by atoms with Gasteiger partial charge in [-0.05, 0) is 34.7 Å². The number of carbonyl (C=O) groups is 3. The molecular weight excluding hydrogens is 430 g/mol. The number of carbonyl (C=O) groups excluding carboxylic acids is 3. The smallest absolute Gasteiger partial charge is 0.407 e. The number of rotatable bonds is 12. The second kappa shape index (κ2) is 13.0. The van der Waals surface area contributed by atoms with Gasteiger partial charge in [-0.1, -0.05) is 79.2 Å². The number of ether oxygens (including phenoxy) is 1. The van der Waals surface area contributed by atoms with E-state index in [0.29, 0.717) is 19.4 Å². The van der Waals surface area contributed by atoms with Crippen molar-refractivity contribution in [1.82, 2.24) is 10.6 Å². The first-order valence-corrected chi connectivity index (χ1v) is 11.5. The lowest BCUT2D eigenvalue weighted by atomic mass is 9.98. The van der Waals surface area contributed by atoms with Gasteiger partial charge in [0.15, 0.2) is 0 Å². The number of nitrogens with one attached hydrogen (secondary N) is 2. The quantitative estimate of drug-likeness (QED) is 0.356. The van der Waals surface area contributed by atoms with Gasteiger partial charge in [-0.15, -0.1) is 0 Å². The summed E-state index contributed by atoms with van der Waals surface area (Å²) in [6.45, 7) is 0.701. The van der Waals surface area contributed by atoms with E-state index >= 15 is 0 Å². The molecule has 0 bridgehead atoms. The van der Waals surface area contributed by atoms with Crippen LogP contribution in [-0.4, -0.2) is 30.5 Å². The summed E-state index contributed by atoms with van der Waals surface area (Å²) in [6.07, 6.45) is 2.31.